The molecule has 0 bridgehead atoms. The summed E-state index contributed by atoms with van der Waals surface area (Å²) in [5, 5.41) is 3.45. The molecule has 0 spiro atoms. The molecule has 0 aliphatic carbocycles. The number of anilines is 1. The first-order chi connectivity index (χ1) is 7.00. The average molecular weight is 229 g/mol. The largest absolute Gasteiger partial charge is 0.370 e. The summed E-state index contributed by atoms with van der Waals surface area (Å²) in [4.78, 5) is 18.5. The minimum absolute atomic E-state index is 0.0767. The number of carbonyl (C=O) groups is 1. The molecule has 82 valence electrons. The molecule has 15 heavy (non-hydrogen) atoms. The maximum absolute atomic E-state index is 10.7. The van der Waals surface area contributed by atoms with Gasteiger partial charge in [-0.15, -0.1) is 0 Å². The standard InChI is InChI=1S/C9H13ClN4O/c1-5(3-7(11)15)14-9-6(2)8(10)12-4-13-9/h4-5H,3H2,1-2H3,(H2,11,15)(H,12,13,14). The van der Waals surface area contributed by atoms with Crippen LogP contribution in [0.1, 0.15) is 18.9 Å². The van der Waals surface area contributed by atoms with Gasteiger partial charge in [0.05, 0.1) is 0 Å². The van der Waals surface area contributed by atoms with Crippen LogP contribution >= 0.6 is 11.6 Å². The predicted octanol–water partition coefficient (Wildman–Crippen LogP) is 1.11. The summed E-state index contributed by atoms with van der Waals surface area (Å²) in [6.45, 7) is 3.65. The number of hydrogen-bond acceptors (Lipinski definition) is 4. The summed E-state index contributed by atoms with van der Waals surface area (Å²) in [6.07, 6.45) is 1.62. The minimum atomic E-state index is -0.354. The van der Waals surface area contributed by atoms with Crippen molar-refractivity contribution < 1.29 is 4.79 Å². The maximum atomic E-state index is 10.7. The zero-order chi connectivity index (χ0) is 11.4. The Hall–Kier alpha value is -1.36. The van der Waals surface area contributed by atoms with E-state index >= 15 is 0 Å². The van der Waals surface area contributed by atoms with Crippen molar-refractivity contribution in [2.24, 2.45) is 5.73 Å². The molecule has 1 amide bonds. The van der Waals surface area contributed by atoms with Crippen LogP contribution in [0.2, 0.25) is 5.15 Å². The van der Waals surface area contributed by atoms with Gasteiger partial charge in [-0.1, -0.05) is 11.6 Å². The van der Waals surface area contributed by atoms with Crippen molar-refractivity contribution in [2.75, 3.05) is 5.32 Å². The predicted molar refractivity (Wildman–Crippen MR) is 58.7 cm³/mol. The molecule has 0 aromatic carbocycles. The van der Waals surface area contributed by atoms with Gasteiger partial charge in [-0.3, -0.25) is 4.79 Å². The highest BCUT2D eigenvalue weighted by Gasteiger charge is 2.10. The number of nitrogens with zero attached hydrogens (tertiary/aromatic N) is 2. The van der Waals surface area contributed by atoms with Gasteiger partial charge >= 0.3 is 0 Å². The molecule has 0 saturated carbocycles. The fourth-order valence-corrected chi connectivity index (χ4v) is 1.29. The van der Waals surface area contributed by atoms with Crippen LogP contribution in [0.4, 0.5) is 5.82 Å². The molecule has 0 radical (unpaired) electrons. The summed E-state index contributed by atoms with van der Waals surface area (Å²) in [5.41, 5.74) is 5.84. The van der Waals surface area contributed by atoms with E-state index in [9.17, 15) is 4.79 Å². The molecule has 3 N–H and O–H groups in total. The van der Waals surface area contributed by atoms with Crippen molar-refractivity contribution in [3.05, 3.63) is 17.0 Å². The number of hydrogen-bond donors (Lipinski definition) is 2. The molecular weight excluding hydrogens is 216 g/mol. The van der Waals surface area contributed by atoms with Gasteiger partial charge in [0.2, 0.25) is 5.91 Å². The van der Waals surface area contributed by atoms with E-state index in [0.29, 0.717) is 11.0 Å². The van der Waals surface area contributed by atoms with Crippen molar-refractivity contribution in [3.8, 4) is 0 Å². The van der Waals surface area contributed by atoms with Crippen LogP contribution in [0.25, 0.3) is 0 Å². The molecule has 1 atom stereocenters. The van der Waals surface area contributed by atoms with Gasteiger partial charge in [-0.2, -0.15) is 0 Å². The zero-order valence-corrected chi connectivity index (χ0v) is 9.38. The highest BCUT2D eigenvalue weighted by Crippen LogP contribution is 2.18. The molecule has 0 fully saturated rings. The molecule has 0 aliphatic heterocycles. The van der Waals surface area contributed by atoms with E-state index in [0.717, 1.165) is 5.56 Å². The van der Waals surface area contributed by atoms with Crippen LogP contribution in [0.5, 0.6) is 0 Å². The summed E-state index contributed by atoms with van der Waals surface area (Å²) >= 11 is 5.82. The first-order valence-corrected chi connectivity index (χ1v) is 4.90. The molecule has 6 heteroatoms. The second kappa shape index (κ2) is 4.93. The summed E-state index contributed by atoms with van der Waals surface area (Å²) in [7, 11) is 0. The van der Waals surface area contributed by atoms with Gasteiger partial charge in [0, 0.05) is 18.0 Å². The topological polar surface area (TPSA) is 80.9 Å². The molecule has 1 unspecified atom stereocenters. The van der Waals surface area contributed by atoms with Gasteiger partial charge < -0.3 is 11.1 Å². The Labute approximate surface area is 93.0 Å². The second-order valence-corrected chi connectivity index (χ2v) is 3.71. The fourth-order valence-electron chi connectivity index (χ4n) is 1.16. The average Bonchev–Trinajstić information content (AvgIpc) is 2.11. The number of aromatic nitrogens is 2. The van der Waals surface area contributed by atoms with Gasteiger partial charge in [-0.05, 0) is 13.8 Å². The number of rotatable bonds is 4. The summed E-state index contributed by atoms with van der Waals surface area (Å²) in [5.74, 6) is 0.275. The highest BCUT2D eigenvalue weighted by atomic mass is 35.5. The van der Waals surface area contributed by atoms with Gasteiger partial charge in [-0.25, -0.2) is 9.97 Å². The third-order valence-electron chi connectivity index (χ3n) is 1.91. The fraction of sp³-hybridized carbons (Fsp3) is 0.444. The van der Waals surface area contributed by atoms with Crippen molar-refractivity contribution in [1.82, 2.24) is 9.97 Å². The number of nitrogens with one attached hydrogen (secondary N) is 1. The minimum Gasteiger partial charge on any atom is -0.370 e. The summed E-state index contributed by atoms with van der Waals surface area (Å²) in [6, 6.07) is -0.0767. The number of halogens is 1. The number of amides is 1. The van der Waals surface area contributed by atoms with Crippen molar-refractivity contribution in [3.63, 3.8) is 0 Å². The lowest BCUT2D eigenvalue weighted by Crippen LogP contribution is -2.24. The van der Waals surface area contributed by atoms with Crippen molar-refractivity contribution in [1.29, 1.82) is 0 Å². The van der Waals surface area contributed by atoms with E-state index < -0.39 is 0 Å². The van der Waals surface area contributed by atoms with Crippen LogP contribution in [0.15, 0.2) is 6.33 Å². The number of nitrogens with two attached hydrogens (primary N) is 1. The lowest BCUT2D eigenvalue weighted by atomic mass is 10.2. The van der Waals surface area contributed by atoms with Crippen LogP contribution in [-0.4, -0.2) is 21.9 Å². The van der Waals surface area contributed by atoms with Crippen molar-refractivity contribution in [2.45, 2.75) is 26.3 Å². The summed E-state index contributed by atoms with van der Waals surface area (Å²) < 4.78 is 0. The van der Waals surface area contributed by atoms with E-state index in [2.05, 4.69) is 15.3 Å². The highest BCUT2D eigenvalue weighted by molar-refractivity contribution is 6.30. The van der Waals surface area contributed by atoms with Crippen LogP contribution in [0.3, 0.4) is 0 Å². The van der Waals surface area contributed by atoms with Gasteiger partial charge in [0.1, 0.15) is 17.3 Å². The lowest BCUT2D eigenvalue weighted by Gasteiger charge is -2.14. The number of carbonyl (C=O) groups excluding carboxylic acids is 1. The third kappa shape index (κ3) is 3.36. The smallest absolute Gasteiger partial charge is 0.219 e. The Kier molecular flexibility index (Phi) is 3.85. The van der Waals surface area contributed by atoms with Gasteiger partial charge in [0.15, 0.2) is 0 Å². The Morgan fingerprint density at radius 1 is 1.67 bits per heavy atom. The van der Waals surface area contributed by atoms with Crippen molar-refractivity contribution >= 4 is 23.3 Å². The quantitative estimate of drug-likeness (QED) is 0.757. The molecule has 5 nitrogen and oxygen atoms in total. The Morgan fingerprint density at radius 3 is 2.93 bits per heavy atom. The first-order valence-electron chi connectivity index (χ1n) is 4.52. The SMILES string of the molecule is Cc1c(Cl)ncnc1NC(C)CC(N)=O. The third-order valence-corrected chi connectivity index (χ3v) is 2.29. The van der Waals surface area contributed by atoms with Crippen LogP contribution in [-0.2, 0) is 4.79 Å². The Balaban J connectivity index is 2.72. The van der Waals surface area contributed by atoms with Gasteiger partial charge in [0.25, 0.3) is 0 Å². The Morgan fingerprint density at radius 2 is 2.33 bits per heavy atom. The monoisotopic (exact) mass is 228 g/mol. The van der Waals surface area contributed by atoms with E-state index in [1.165, 1.54) is 6.33 Å². The molecule has 0 aliphatic rings. The van der Waals surface area contributed by atoms with E-state index in [-0.39, 0.29) is 18.4 Å². The van der Waals surface area contributed by atoms with Crippen LogP contribution < -0.4 is 11.1 Å². The second-order valence-electron chi connectivity index (χ2n) is 3.35. The first kappa shape index (κ1) is 11.7. The van der Waals surface area contributed by atoms with Crippen LogP contribution in [0, 0.1) is 6.92 Å². The zero-order valence-electron chi connectivity index (χ0n) is 8.62. The van der Waals surface area contributed by atoms with E-state index in [1.807, 2.05) is 13.8 Å². The lowest BCUT2D eigenvalue weighted by molar-refractivity contribution is -0.118. The Bertz CT molecular complexity index is 369. The van der Waals surface area contributed by atoms with E-state index in [4.69, 9.17) is 17.3 Å². The number of primary amides is 1. The molecule has 1 aromatic heterocycles. The normalized spacial score (nSPS) is 12.2. The molecule has 1 aromatic rings. The molecule has 1 heterocycles. The molecular formula is C9H13ClN4O. The molecule has 1 rings (SSSR count). The van der Waals surface area contributed by atoms with E-state index in [1.54, 1.807) is 0 Å². The molecule has 0 saturated heterocycles. The maximum Gasteiger partial charge on any atom is 0.219 e.